The summed E-state index contributed by atoms with van der Waals surface area (Å²) in [6.07, 6.45) is -4.48. The number of carbonyl (C=O) groups is 1. The molecular formula is C19H15Cl2F3N4OS. The first-order chi connectivity index (χ1) is 14.2. The van der Waals surface area contributed by atoms with Gasteiger partial charge >= 0.3 is 6.18 Å². The number of halogens is 5. The van der Waals surface area contributed by atoms with Gasteiger partial charge in [-0.05, 0) is 37.3 Å². The molecule has 158 valence electrons. The van der Waals surface area contributed by atoms with Crippen LogP contribution in [0.15, 0.2) is 53.7 Å². The van der Waals surface area contributed by atoms with Gasteiger partial charge < -0.3 is 5.32 Å². The van der Waals surface area contributed by atoms with E-state index >= 15 is 0 Å². The first-order valence-electron chi connectivity index (χ1n) is 8.63. The largest absolute Gasteiger partial charge is 0.405 e. The molecule has 0 aliphatic heterocycles. The summed E-state index contributed by atoms with van der Waals surface area (Å²) in [6.45, 7) is 0.100. The fourth-order valence-electron chi connectivity index (χ4n) is 2.54. The second-order valence-electron chi connectivity index (χ2n) is 6.19. The van der Waals surface area contributed by atoms with Gasteiger partial charge in [-0.2, -0.15) is 13.2 Å². The molecular weight excluding hydrogens is 460 g/mol. The van der Waals surface area contributed by atoms with E-state index in [4.69, 9.17) is 23.2 Å². The number of hydrogen-bond donors (Lipinski definition) is 1. The summed E-state index contributed by atoms with van der Waals surface area (Å²) in [4.78, 5) is 12.1. The van der Waals surface area contributed by atoms with E-state index in [2.05, 4.69) is 10.2 Å². The fraction of sp³-hybridized carbons (Fsp3) is 0.211. The SMILES string of the molecule is CC(Sc1nnc(-c2ccc(Cl)cc2Cl)n1-c1ccccc1)C(=O)NCC(F)(F)F. The molecule has 0 saturated carbocycles. The Morgan fingerprint density at radius 1 is 1.17 bits per heavy atom. The number of nitrogens with one attached hydrogen (secondary N) is 1. The number of benzene rings is 2. The van der Waals surface area contributed by atoms with Crippen molar-refractivity contribution < 1.29 is 18.0 Å². The maximum Gasteiger partial charge on any atom is 0.405 e. The van der Waals surface area contributed by atoms with Crippen LogP contribution >= 0.6 is 35.0 Å². The molecule has 0 bridgehead atoms. The monoisotopic (exact) mass is 474 g/mol. The molecule has 3 aromatic rings. The first-order valence-corrected chi connectivity index (χ1v) is 10.3. The third-order valence-corrected chi connectivity index (χ3v) is 5.52. The van der Waals surface area contributed by atoms with Gasteiger partial charge in [0.1, 0.15) is 6.54 Å². The van der Waals surface area contributed by atoms with Crippen LogP contribution in [0.2, 0.25) is 10.0 Å². The Morgan fingerprint density at radius 3 is 2.50 bits per heavy atom. The molecule has 1 aromatic heterocycles. The maximum atomic E-state index is 12.4. The Bertz CT molecular complexity index is 1040. The molecule has 0 radical (unpaired) electrons. The van der Waals surface area contributed by atoms with Gasteiger partial charge in [0, 0.05) is 16.3 Å². The van der Waals surface area contributed by atoms with Gasteiger partial charge in [-0.15, -0.1) is 10.2 Å². The molecule has 5 nitrogen and oxygen atoms in total. The number of amides is 1. The van der Waals surface area contributed by atoms with E-state index < -0.39 is 23.9 Å². The number of alkyl halides is 3. The Morgan fingerprint density at radius 2 is 1.87 bits per heavy atom. The molecule has 0 fully saturated rings. The second-order valence-corrected chi connectivity index (χ2v) is 8.35. The molecule has 0 aliphatic rings. The highest BCUT2D eigenvalue weighted by atomic mass is 35.5. The molecule has 1 heterocycles. The van der Waals surface area contributed by atoms with Crippen LogP contribution in [0.25, 0.3) is 17.1 Å². The summed E-state index contributed by atoms with van der Waals surface area (Å²) in [5, 5.41) is 10.5. The van der Waals surface area contributed by atoms with E-state index in [0.717, 1.165) is 11.8 Å². The van der Waals surface area contributed by atoms with Crippen molar-refractivity contribution in [1.82, 2.24) is 20.1 Å². The Balaban J connectivity index is 1.95. The highest BCUT2D eigenvalue weighted by Crippen LogP contribution is 2.34. The predicted octanol–water partition coefficient (Wildman–Crippen LogP) is 5.40. The van der Waals surface area contributed by atoms with Crippen molar-refractivity contribution in [3.63, 3.8) is 0 Å². The van der Waals surface area contributed by atoms with Crippen LogP contribution in [0.4, 0.5) is 13.2 Å². The maximum absolute atomic E-state index is 12.4. The smallest absolute Gasteiger partial charge is 0.346 e. The Labute approximate surface area is 184 Å². The molecule has 0 spiro atoms. The Kier molecular flexibility index (Phi) is 6.95. The first kappa shape index (κ1) is 22.5. The van der Waals surface area contributed by atoms with Crippen LogP contribution in [0.5, 0.6) is 0 Å². The van der Waals surface area contributed by atoms with Gasteiger partial charge in [-0.25, -0.2) is 0 Å². The molecule has 11 heteroatoms. The number of aromatic nitrogens is 3. The normalized spacial score (nSPS) is 12.6. The van der Waals surface area contributed by atoms with Crippen molar-refractivity contribution >= 4 is 40.9 Å². The van der Waals surface area contributed by atoms with Gasteiger partial charge in [0.05, 0.1) is 10.3 Å². The Hall–Kier alpha value is -2.23. The molecule has 0 aliphatic carbocycles. The summed E-state index contributed by atoms with van der Waals surface area (Å²) >= 11 is 13.3. The van der Waals surface area contributed by atoms with Crippen molar-refractivity contribution in [3.05, 3.63) is 58.6 Å². The van der Waals surface area contributed by atoms with Crippen molar-refractivity contribution in [2.45, 2.75) is 23.5 Å². The summed E-state index contributed by atoms with van der Waals surface area (Å²) in [7, 11) is 0. The molecule has 1 unspecified atom stereocenters. The van der Waals surface area contributed by atoms with Crippen LogP contribution in [-0.2, 0) is 4.79 Å². The average molecular weight is 475 g/mol. The summed E-state index contributed by atoms with van der Waals surface area (Å²) < 4.78 is 38.8. The third-order valence-electron chi connectivity index (χ3n) is 3.93. The topological polar surface area (TPSA) is 59.8 Å². The highest BCUT2D eigenvalue weighted by molar-refractivity contribution is 8.00. The van der Waals surface area contributed by atoms with Crippen LogP contribution < -0.4 is 5.32 Å². The molecule has 0 saturated heterocycles. The third kappa shape index (κ3) is 5.47. The second kappa shape index (κ2) is 9.28. The minimum atomic E-state index is -4.48. The zero-order chi connectivity index (χ0) is 21.9. The van der Waals surface area contributed by atoms with Crippen LogP contribution in [0.3, 0.4) is 0 Å². The van der Waals surface area contributed by atoms with E-state index in [1.54, 1.807) is 22.8 Å². The van der Waals surface area contributed by atoms with E-state index in [1.807, 2.05) is 35.6 Å². The van der Waals surface area contributed by atoms with Crippen molar-refractivity contribution in [1.29, 1.82) is 0 Å². The molecule has 1 atom stereocenters. The quantitative estimate of drug-likeness (QED) is 0.485. The van der Waals surface area contributed by atoms with E-state index in [-0.39, 0.29) is 0 Å². The number of hydrogen-bond acceptors (Lipinski definition) is 4. The number of para-hydroxylation sites is 1. The number of carbonyl (C=O) groups excluding carboxylic acids is 1. The van der Waals surface area contributed by atoms with E-state index in [9.17, 15) is 18.0 Å². The van der Waals surface area contributed by atoms with Gasteiger partial charge in [0.2, 0.25) is 5.91 Å². The lowest BCUT2D eigenvalue weighted by Gasteiger charge is -2.15. The number of nitrogens with zero attached hydrogens (tertiary/aromatic N) is 3. The fourth-order valence-corrected chi connectivity index (χ4v) is 3.93. The summed E-state index contributed by atoms with van der Waals surface area (Å²) in [5.74, 6) is -0.348. The van der Waals surface area contributed by atoms with Crippen LogP contribution in [0, 0.1) is 0 Å². The lowest BCUT2D eigenvalue weighted by atomic mass is 10.2. The van der Waals surface area contributed by atoms with Crippen LogP contribution in [0.1, 0.15) is 6.92 Å². The zero-order valence-corrected chi connectivity index (χ0v) is 17.8. The van der Waals surface area contributed by atoms with Gasteiger partial charge in [-0.3, -0.25) is 9.36 Å². The highest BCUT2D eigenvalue weighted by Gasteiger charge is 2.29. The average Bonchev–Trinajstić information content (AvgIpc) is 3.09. The van der Waals surface area contributed by atoms with Gasteiger partial charge in [0.25, 0.3) is 0 Å². The number of thioether (sulfide) groups is 1. The van der Waals surface area contributed by atoms with Crippen molar-refractivity contribution in [2.75, 3.05) is 6.54 Å². The minimum absolute atomic E-state index is 0.330. The standard InChI is InChI=1S/C19H15Cl2F3N4OS/c1-11(17(29)25-10-19(22,23)24)30-18-27-26-16(14-8-7-12(20)9-15(14)21)28(18)13-5-3-2-4-6-13/h2-9,11H,10H2,1H3,(H,25,29). The van der Waals surface area contributed by atoms with Crippen molar-refractivity contribution in [3.8, 4) is 17.1 Å². The lowest BCUT2D eigenvalue weighted by molar-refractivity contribution is -0.137. The molecule has 1 N–H and O–H groups in total. The lowest BCUT2D eigenvalue weighted by Crippen LogP contribution is -2.38. The molecule has 30 heavy (non-hydrogen) atoms. The molecule has 2 aromatic carbocycles. The van der Waals surface area contributed by atoms with Gasteiger partial charge in [-0.1, -0.05) is 53.2 Å². The summed E-state index contributed by atoms with van der Waals surface area (Å²) in [5.41, 5.74) is 1.27. The predicted molar refractivity (Wildman–Crippen MR) is 111 cm³/mol. The van der Waals surface area contributed by atoms with E-state index in [0.29, 0.717) is 32.3 Å². The summed E-state index contributed by atoms with van der Waals surface area (Å²) in [6, 6.07) is 14.0. The zero-order valence-electron chi connectivity index (χ0n) is 15.5. The minimum Gasteiger partial charge on any atom is -0.346 e. The van der Waals surface area contributed by atoms with Crippen molar-refractivity contribution in [2.24, 2.45) is 0 Å². The van der Waals surface area contributed by atoms with E-state index in [1.165, 1.54) is 6.92 Å². The number of rotatable bonds is 6. The molecule has 3 rings (SSSR count). The molecule has 1 amide bonds. The van der Waals surface area contributed by atoms with Crippen LogP contribution in [-0.4, -0.2) is 38.6 Å². The van der Waals surface area contributed by atoms with Gasteiger partial charge in [0.15, 0.2) is 11.0 Å².